The molecule has 0 bridgehead atoms. The summed E-state index contributed by atoms with van der Waals surface area (Å²) in [6, 6.07) is 33.4. The quantitative estimate of drug-likeness (QED) is 0.105. The average molecular weight is 940 g/mol. The van der Waals surface area contributed by atoms with Gasteiger partial charge in [0.15, 0.2) is 0 Å². The van der Waals surface area contributed by atoms with Gasteiger partial charge >= 0.3 is 29.1 Å². The molecule has 0 saturated carbocycles. The molecule has 5 atom stereocenters. The summed E-state index contributed by atoms with van der Waals surface area (Å²) in [5.41, 5.74) is 9.20. The van der Waals surface area contributed by atoms with Gasteiger partial charge in [0.2, 0.25) is 0 Å². The zero-order valence-electron chi connectivity index (χ0n) is 37.9. The second-order valence-corrected chi connectivity index (χ2v) is 19.2. The highest BCUT2D eigenvalue weighted by atomic mass is 32.2. The molecule has 3 N–H and O–H groups in total. The smallest absolute Gasteiger partial charge is 0.423 e. The molecule has 0 aliphatic carbocycles. The van der Waals surface area contributed by atoms with E-state index in [1.54, 1.807) is 55.6 Å². The van der Waals surface area contributed by atoms with Crippen LogP contribution in [0.4, 0.5) is 21.0 Å². The van der Waals surface area contributed by atoms with Gasteiger partial charge in [-0.2, -0.15) is 4.48 Å². The number of amides is 4. The molecular formula is C48H59N8O8S2+. The molecule has 4 saturated heterocycles. The van der Waals surface area contributed by atoms with Crippen molar-refractivity contribution in [1.29, 1.82) is 0 Å². The number of carbonyl (C=O) groups excluding carboxylic acids is 4. The van der Waals surface area contributed by atoms with Gasteiger partial charge in [0.25, 0.3) is 5.06 Å². The maximum atomic E-state index is 14.5. The van der Waals surface area contributed by atoms with Crippen LogP contribution in [-0.2, 0) is 29.2 Å². The molecule has 0 radical (unpaired) electrons. The van der Waals surface area contributed by atoms with Crippen LogP contribution in [-0.4, -0.2) is 147 Å². The van der Waals surface area contributed by atoms with Crippen molar-refractivity contribution in [2.75, 3.05) is 101 Å². The van der Waals surface area contributed by atoms with E-state index >= 15 is 0 Å². The Morgan fingerprint density at radius 3 is 1.61 bits per heavy atom. The molecule has 4 fully saturated rings. The molecule has 4 aromatic rings. The molecule has 4 heterocycles. The number of hydrogen-bond acceptors (Lipinski definition) is 14. The van der Waals surface area contributed by atoms with E-state index in [0.717, 1.165) is 63.7 Å². The third-order valence-electron chi connectivity index (χ3n) is 13.0. The predicted octanol–water partition coefficient (Wildman–Crippen LogP) is 5.45. The first kappa shape index (κ1) is 46.9. The Morgan fingerprint density at radius 1 is 0.621 bits per heavy atom. The van der Waals surface area contributed by atoms with E-state index in [9.17, 15) is 19.2 Å². The fourth-order valence-corrected chi connectivity index (χ4v) is 12.1. The van der Waals surface area contributed by atoms with Crippen LogP contribution in [0.2, 0.25) is 0 Å². The number of ether oxygens (including phenoxy) is 4. The second-order valence-electron chi connectivity index (χ2n) is 16.7. The Balaban J connectivity index is 1.04. The van der Waals surface area contributed by atoms with Crippen LogP contribution in [0.5, 0.6) is 11.5 Å². The third-order valence-corrected chi connectivity index (χ3v) is 15.8. The molecule has 0 spiro atoms. The summed E-state index contributed by atoms with van der Waals surface area (Å²) >= 11 is 2.36. The molecule has 5 unspecified atom stereocenters. The fraction of sp³-hybridized carbons (Fsp3) is 0.417. The van der Waals surface area contributed by atoms with Crippen molar-refractivity contribution in [3.63, 3.8) is 0 Å². The maximum Gasteiger partial charge on any atom is 0.423 e. The van der Waals surface area contributed by atoms with Crippen LogP contribution >= 0.6 is 23.5 Å². The van der Waals surface area contributed by atoms with E-state index in [2.05, 4.69) is 49.2 Å². The van der Waals surface area contributed by atoms with Crippen molar-refractivity contribution in [3.05, 3.63) is 120 Å². The summed E-state index contributed by atoms with van der Waals surface area (Å²) in [4.78, 5) is 66.7. The third kappa shape index (κ3) is 9.21. The first-order valence-corrected chi connectivity index (χ1v) is 24.4. The van der Waals surface area contributed by atoms with Gasteiger partial charge < -0.3 is 39.8 Å². The number of para-hydroxylation sites is 4. The minimum atomic E-state index is -1.85. The van der Waals surface area contributed by atoms with Crippen LogP contribution < -0.4 is 30.3 Å². The molecule has 8 rings (SSSR count). The molecule has 16 nitrogen and oxygen atoms in total. The second kappa shape index (κ2) is 20.1. The number of nitrogens with two attached hydrogens (primary N) is 1. The molecular weight excluding hydrogens is 881 g/mol. The van der Waals surface area contributed by atoms with Crippen molar-refractivity contribution >= 4 is 58.9 Å². The van der Waals surface area contributed by atoms with Gasteiger partial charge in [-0.05, 0) is 74.1 Å². The molecule has 0 aromatic heterocycles. The minimum Gasteiger partial charge on any atom is -0.475 e. The van der Waals surface area contributed by atoms with Gasteiger partial charge in [-0.1, -0.05) is 72.4 Å². The van der Waals surface area contributed by atoms with E-state index in [1.165, 1.54) is 35.5 Å². The SMILES string of the molecule is CNC(=O)N1CCSC1(OC(=O)C(=O)OC1(c2ccccc2OC(C)N2CCN(c3ccccc3)CC2)SCC[N+]1(C)C(N)=O)c1ccccc1OC(C)N1CCN(c2ccccc2)CC1. The monoisotopic (exact) mass is 939 g/mol. The number of urea groups is 2. The molecule has 66 heavy (non-hydrogen) atoms. The van der Waals surface area contributed by atoms with E-state index in [0.29, 0.717) is 34.1 Å². The van der Waals surface area contributed by atoms with Gasteiger partial charge in [0.05, 0.1) is 18.4 Å². The lowest BCUT2D eigenvalue weighted by Crippen LogP contribution is -2.63. The number of quaternary nitrogens is 1. The van der Waals surface area contributed by atoms with E-state index in [1.807, 2.05) is 50.2 Å². The van der Waals surface area contributed by atoms with Crippen LogP contribution in [0.1, 0.15) is 25.0 Å². The van der Waals surface area contributed by atoms with Crippen molar-refractivity contribution in [3.8, 4) is 11.5 Å². The highest BCUT2D eigenvalue weighted by Crippen LogP contribution is 2.54. The molecule has 350 valence electrons. The molecule has 4 aromatic carbocycles. The lowest BCUT2D eigenvalue weighted by atomic mass is 10.1. The topological polar surface area (TPSA) is 159 Å². The molecule has 4 aliphatic heterocycles. The Hall–Kier alpha value is -5.66. The zero-order chi connectivity index (χ0) is 46.5. The van der Waals surface area contributed by atoms with Gasteiger partial charge in [0.1, 0.15) is 36.1 Å². The number of thioether (sulfide) groups is 2. The van der Waals surface area contributed by atoms with Crippen molar-refractivity contribution in [2.45, 2.75) is 36.4 Å². The number of piperazine rings is 2. The first-order chi connectivity index (χ1) is 31.9. The number of primary amides is 1. The van der Waals surface area contributed by atoms with Crippen molar-refractivity contribution in [2.24, 2.45) is 5.73 Å². The molecule has 4 aliphatic rings. The lowest BCUT2D eigenvalue weighted by Gasteiger charge is -2.42. The average Bonchev–Trinajstić information content (AvgIpc) is 3.93. The van der Waals surface area contributed by atoms with E-state index in [-0.39, 0.29) is 13.1 Å². The maximum absolute atomic E-state index is 14.5. The predicted molar refractivity (Wildman–Crippen MR) is 256 cm³/mol. The van der Waals surface area contributed by atoms with Crippen molar-refractivity contribution < 1.29 is 42.6 Å². The Bertz CT molecular complexity index is 2360. The summed E-state index contributed by atoms with van der Waals surface area (Å²) in [7, 11) is 3.07. The minimum absolute atomic E-state index is 0.193. The highest BCUT2D eigenvalue weighted by molar-refractivity contribution is 8.00. The number of rotatable bonds is 12. The number of benzene rings is 4. The van der Waals surface area contributed by atoms with E-state index in [4.69, 9.17) is 24.7 Å². The molecule has 18 heteroatoms. The summed E-state index contributed by atoms with van der Waals surface area (Å²) in [5, 5.41) is -1.02. The largest absolute Gasteiger partial charge is 0.475 e. The van der Waals surface area contributed by atoms with Crippen molar-refractivity contribution in [1.82, 2.24) is 20.0 Å². The summed E-state index contributed by atoms with van der Waals surface area (Å²) in [5.74, 6) is -1.26. The van der Waals surface area contributed by atoms with E-state index < -0.39 is 51.1 Å². The summed E-state index contributed by atoms with van der Waals surface area (Å²) in [6.45, 7) is 10.5. The van der Waals surface area contributed by atoms with Crippen LogP contribution in [0, 0.1) is 0 Å². The molecule has 4 amide bonds. The number of anilines is 2. The van der Waals surface area contributed by atoms with Gasteiger partial charge in [-0.25, -0.2) is 19.2 Å². The standard InChI is InChI=1S/C48H58N8O8S2/c1-35(51-23-27-53(28-24-51)37-15-7-5-8-16-37)61-41-21-13-11-19-39(41)47(55(31-33-65-47)46(60)50-3)63-43(57)44(58)64-48(56(4,45(49)59)32-34-66-48)40-20-12-14-22-42(40)62-36(2)52-25-29-54(30-26-52)38-17-9-6-10-18-38/h5-22,35-36H,23-34H2,1-4H3,(H2-,49,50,59,60)/p+1. The summed E-state index contributed by atoms with van der Waals surface area (Å²) < 4.78 is 25.4. The van der Waals surface area contributed by atoms with Gasteiger partial charge in [0, 0.05) is 83.1 Å². The Morgan fingerprint density at radius 2 is 1.09 bits per heavy atom. The highest BCUT2D eigenvalue weighted by Gasteiger charge is 2.64. The number of carbonyl (C=O) groups is 4. The zero-order valence-corrected chi connectivity index (χ0v) is 39.5. The van der Waals surface area contributed by atoms with Crippen LogP contribution in [0.3, 0.4) is 0 Å². The van der Waals surface area contributed by atoms with Gasteiger partial charge in [-0.15, -0.1) is 0 Å². The number of esters is 2. The lowest BCUT2D eigenvalue weighted by molar-refractivity contribution is -0.890. The summed E-state index contributed by atoms with van der Waals surface area (Å²) in [6.07, 6.45) is -0.798. The first-order valence-electron chi connectivity index (χ1n) is 22.4. The Kier molecular flexibility index (Phi) is 14.2. The van der Waals surface area contributed by atoms with Crippen LogP contribution in [0.15, 0.2) is 109 Å². The normalized spacial score (nSPS) is 24.6. The Labute approximate surface area is 394 Å². The number of nitrogens with zero attached hydrogens (tertiary/aromatic N) is 6. The van der Waals surface area contributed by atoms with Gasteiger partial charge in [-0.3, -0.25) is 14.7 Å². The fourth-order valence-electron chi connectivity index (χ4n) is 9.15. The van der Waals surface area contributed by atoms with Crippen LogP contribution in [0.25, 0.3) is 0 Å². The number of hydrogen-bond donors (Lipinski definition) is 2. The number of nitrogens with one attached hydrogen (secondary N) is 1.